The Hall–Kier alpha value is -1.69. The zero-order valence-corrected chi connectivity index (χ0v) is 11.9. The van der Waals surface area contributed by atoms with Crippen molar-refractivity contribution in [2.45, 2.75) is 13.3 Å². The predicted molar refractivity (Wildman–Crippen MR) is 78.2 cm³/mol. The van der Waals surface area contributed by atoms with E-state index in [4.69, 9.17) is 5.73 Å². The van der Waals surface area contributed by atoms with Gasteiger partial charge in [-0.2, -0.15) is 11.8 Å². The number of nitrogens with one attached hydrogen (secondary N) is 1. The molecule has 0 aliphatic rings. The Labute approximate surface area is 116 Å². The van der Waals surface area contributed by atoms with Crippen LogP contribution in [-0.2, 0) is 14.3 Å². The van der Waals surface area contributed by atoms with Crippen molar-refractivity contribution >= 4 is 35.0 Å². The highest BCUT2D eigenvalue weighted by Gasteiger charge is 2.08. The number of aryl methyl sites for hydroxylation is 1. The molecule has 1 rings (SSSR count). The number of para-hydroxylation sites is 1. The molecule has 0 fully saturated rings. The lowest BCUT2D eigenvalue weighted by atomic mass is 10.1. The molecule has 0 spiro atoms. The van der Waals surface area contributed by atoms with E-state index in [2.05, 4.69) is 10.1 Å². The number of anilines is 2. The highest BCUT2D eigenvalue weighted by Crippen LogP contribution is 2.22. The van der Waals surface area contributed by atoms with Crippen molar-refractivity contribution in [3.63, 3.8) is 0 Å². The van der Waals surface area contributed by atoms with Crippen molar-refractivity contribution in [3.8, 4) is 0 Å². The first-order valence-corrected chi connectivity index (χ1v) is 6.99. The SMILES string of the molecule is COC(=O)CCSCC(=O)Nc1c(C)cccc1N. The van der Waals surface area contributed by atoms with Crippen LogP contribution in [0.4, 0.5) is 11.4 Å². The van der Waals surface area contributed by atoms with E-state index in [1.54, 1.807) is 6.07 Å². The number of rotatable bonds is 6. The van der Waals surface area contributed by atoms with Crippen LogP contribution in [0.25, 0.3) is 0 Å². The Balaban J connectivity index is 2.37. The summed E-state index contributed by atoms with van der Waals surface area (Å²) in [5.41, 5.74) is 7.93. The molecule has 0 heterocycles. The predicted octanol–water partition coefficient (Wildman–Crippen LogP) is 1.81. The van der Waals surface area contributed by atoms with Gasteiger partial charge in [-0.25, -0.2) is 0 Å². The third-order valence-corrected chi connectivity index (χ3v) is 3.44. The molecule has 1 aromatic carbocycles. The van der Waals surface area contributed by atoms with Gasteiger partial charge in [0.1, 0.15) is 0 Å². The zero-order valence-electron chi connectivity index (χ0n) is 11.1. The molecular weight excluding hydrogens is 264 g/mol. The third-order valence-electron chi connectivity index (χ3n) is 2.48. The zero-order chi connectivity index (χ0) is 14.3. The van der Waals surface area contributed by atoms with E-state index in [0.717, 1.165) is 5.56 Å². The number of benzene rings is 1. The van der Waals surface area contributed by atoms with Crippen LogP contribution in [0.15, 0.2) is 18.2 Å². The molecule has 104 valence electrons. The van der Waals surface area contributed by atoms with Gasteiger partial charge in [0, 0.05) is 5.75 Å². The number of thioether (sulfide) groups is 1. The van der Waals surface area contributed by atoms with Gasteiger partial charge in [0.05, 0.1) is 30.7 Å². The van der Waals surface area contributed by atoms with Gasteiger partial charge in [-0.3, -0.25) is 9.59 Å². The molecule has 0 atom stereocenters. The molecule has 1 amide bonds. The summed E-state index contributed by atoms with van der Waals surface area (Å²) in [5, 5.41) is 2.78. The van der Waals surface area contributed by atoms with Gasteiger partial charge < -0.3 is 15.8 Å². The van der Waals surface area contributed by atoms with Crippen LogP contribution in [0, 0.1) is 6.92 Å². The number of methoxy groups -OCH3 is 1. The number of carbonyl (C=O) groups excluding carboxylic acids is 2. The summed E-state index contributed by atoms with van der Waals surface area (Å²) < 4.78 is 4.52. The fourth-order valence-electron chi connectivity index (χ4n) is 1.46. The second-order valence-corrected chi connectivity index (χ2v) is 5.07. The van der Waals surface area contributed by atoms with E-state index in [1.807, 2.05) is 19.1 Å². The number of nitrogen functional groups attached to an aromatic ring is 1. The monoisotopic (exact) mass is 282 g/mol. The van der Waals surface area contributed by atoms with E-state index < -0.39 is 0 Å². The van der Waals surface area contributed by atoms with Gasteiger partial charge in [0.25, 0.3) is 0 Å². The normalized spacial score (nSPS) is 10.0. The Morgan fingerprint density at radius 3 is 2.79 bits per heavy atom. The van der Waals surface area contributed by atoms with E-state index in [1.165, 1.54) is 18.9 Å². The molecule has 0 aromatic heterocycles. The summed E-state index contributed by atoms with van der Waals surface area (Å²) in [7, 11) is 1.35. The summed E-state index contributed by atoms with van der Waals surface area (Å²) in [6.07, 6.45) is 0.306. The smallest absolute Gasteiger partial charge is 0.306 e. The van der Waals surface area contributed by atoms with Crippen LogP contribution < -0.4 is 11.1 Å². The maximum Gasteiger partial charge on any atom is 0.306 e. The second kappa shape index (κ2) is 7.68. The van der Waals surface area contributed by atoms with Crippen molar-refractivity contribution in [1.82, 2.24) is 0 Å². The van der Waals surface area contributed by atoms with E-state index in [-0.39, 0.29) is 17.6 Å². The highest BCUT2D eigenvalue weighted by atomic mass is 32.2. The number of esters is 1. The summed E-state index contributed by atoms with van der Waals surface area (Å²) in [4.78, 5) is 22.6. The lowest BCUT2D eigenvalue weighted by molar-refractivity contribution is -0.140. The van der Waals surface area contributed by atoms with Gasteiger partial charge in [0.2, 0.25) is 5.91 Å². The van der Waals surface area contributed by atoms with Gasteiger partial charge in [-0.1, -0.05) is 12.1 Å². The summed E-state index contributed by atoms with van der Waals surface area (Å²) >= 11 is 1.38. The lowest BCUT2D eigenvalue weighted by Crippen LogP contribution is -2.16. The summed E-state index contributed by atoms with van der Waals surface area (Å²) in [5.74, 6) is 0.445. The van der Waals surface area contributed by atoms with E-state index in [0.29, 0.717) is 23.5 Å². The fourth-order valence-corrected chi connectivity index (χ4v) is 2.17. The van der Waals surface area contributed by atoms with Gasteiger partial charge in [-0.05, 0) is 18.6 Å². The average molecular weight is 282 g/mol. The minimum atomic E-state index is -0.268. The molecule has 0 unspecified atom stereocenters. The van der Waals surface area contributed by atoms with Crippen molar-refractivity contribution in [1.29, 1.82) is 0 Å². The van der Waals surface area contributed by atoms with Gasteiger partial charge in [-0.15, -0.1) is 0 Å². The number of carbonyl (C=O) groups is 2. The largest absolute Gasteiger partial charge is 0.469 e. The molecule has 0 saturated carbocycles. The topological polar surface area (TPSA) is 81.4 Å². The molecule has 0 aliphatic heterocycles. The van der Waals surface area contributed by atoms with Crippen molar-refractivity contribution < 1.29 is 14.3 Å². The molecule has 0 aliphatic carbocycles. The highest BCUT2D eigenvalue weighted by molar-refractivity contribution is 7.99. The lowest BCUT2D eigenvalue weighted by Gasteiger charge is -2.10. The fraction of sp³-hybridized carbons (Fsp3) is 0.385. The Bertz CT molecular complexity index is 443. The van der Waals surface area contributed by atoms with Crippen LogP contribution in [0.5, 0.6) is 0 Å². The quantitative estimate of drug-likeness (QED) is 0.472. The average Bonchev–Trinajstić information content (AvgIpc) is 2.39. The first kappa shape index (κ1) is 15.4. The van der Waals surface area contributed by atoms with Crippen LogP contribution in [0.1, 0.15) is 12.0 Å². The number of hydrogen-bond donors (Lipinski definition) is 2. The molecule has 3 N–H and O–H groups in total. The molecule has 6 heteroatoms. The summed E-state index contributed by atoms with van der Waals surface area (Å²) in [6.45, 7) is 1.89. The number of amides is 1. The maximum atomic E-state index is 11.7. The first-order valence-electron chi connectivity index (χ1n) is 5.84. The van der Waals surface area contributed by atoms with Crippen molar-refractivity contribution in [3.05, 3.63) is 23.8 Å². The minimum Gasteiger partial charge on any atom is -0.469 e. The molecule has 5 nitrogen and oxygen atoms in total. The van der Waals surface area contributed by atoms with Crippen molar-refractivity contribution in [2.75, 3.05) is 29.7 Å². The maximum absolute atomic E-state index is 11.7. The molecule has 0 saturated heterocycles. The number of nitrogens with two attached hydrogens (primary N) is 1. The van der Waals surface area contributed by atoms with E-state index >= 15 is 0 Å². The summed E-state index contributed by atoms with van der Waals surface area (Å²) in [6, 6.07) is 5.47. The number of ether oxygens (including phenoxy) is 1. The molecule has 0 bridgehead atoms. The standard InChI is InChI=1S/C13H18N2O3S/c1-9-4-3-5-10(14)13(9)15-11(16)8-19-7-6-12(17)18-2/h3-5H,6-8,14H2,1-2H3,(H,15,16). The van der Waals surface area contributed by atoms with Crippen LogP contribution in [-0.4, -0.2) is 30.5 Å². The van der Waals surface area contributed by atoms with Crippen LogP contribution in [0.3, 0.4) is 0 Å². The third kappa shape index (κ3) is 5.21. The van der Waals surface area contributed by atoms with Gasteiger partial charge >= 0.3 is 5.97 Å². The Morgan fingerprint density at radius 2 is 2.16 bits per heavy atom. The van der Waals surface area contributed by atoms with Crippen molar-refractivity contribution in [2.24, 2.45) is 0 Å². The second-order valence-electron chi connectivity index (χ2n) is 3.97. The first-order chi connectivity index (χ1) is 9.04. The van der Waals surface area contributed by atoms with Gasteiger partial charge in [0.15, 0.2) is 0 Å². The van der Waals surface area contributed by atoms with Crippen LogP contribution in [0.2, 0.25) is 0 Å². The Morgan fingerprint density at radius 1 is 1.42 bits per heavy atom. The molecule has 1 aromatic rings. The minimum absolute atomic E-state index is 0.129. The number of hydrogen-bond acceptors (Lipinski definition) is 5. The molecule has 0 radical (unpaired) electrons. The molecular formula is C13H18N2O3S. The van der Waals surface area contributed by atoms with Crippen LogP contribution >= 0.6 is 11.8 Å². The van der Waals surface area contributed by atoms with E-state index in [9.17, 15) is 9.59 Å². The Kier molecular flexibility index (Phi) is 6.21. The molecule has 19 heavy (non-hydrogen) atoms.